The van der Waals surface area contributed by atoms with Gasteiger partial charge in [-0.15, -0.1) is 0 Å². The van der Waals surface area contributed by atoms with Crippen LogP contribution in [0.1, 0.15) is 11.1 Å². The zero-order valence-electron chi connectivity index (χ0n) is 10.1. The number of amides is 1. The van der Waals surface area contributed by atoms with Crippen LogP contribution in [-0.2, 0) is 16.1 Å². The number of carboxylic acids is 1. The largest absolute Gasteiger partial charge is 0.479 e. The SMILES string of the molecule is C=Cc1ccc(CNC(=O)[C@H](O)[C@@H](O)C(=O)O)cc1. The molecule has 1 aromatic rings. The monoisotopic (exact) mass is 265 g/mol. The molecule has 0 unspecified atom stereocenters. The van der Waals surface area contributed by atoms with Crippen molar-refractivity contribution >= 4 is 18.0 Å². The summed E-state index contributed by atoms with van der Waals surface area (Å²) in [5.74, 6) is -2.60. The Balaban J connectivity index is 2.53. The van der Waals surface area contributed by atoms with Crippen LogP contribution in [0.3, 0.4) is 0 Å². The zero-order valence-corrected chi connectivity index (χ0v) is 10.1. The molecule has 0 aliphatic heterocycles. The van der Waals surface area contributed by atoms with E-state index in [1.54, 1.807) is 30.3 Å². The first kappa shape index (κ1) is 14.9. The normalized spacial score (nSPS) is 13.4. The van der Waals surface area contributed by atoms with Crippen LogP contribution in [0.4, 0.5) is 0 Å². The summed E-state index contributed by atoms with van der Waals surface area (Å²) in [7, 11) is 0. The number of benzene rings is 1. The summed E-state index contributed by atoms with van der Waals surface area (Å²) in [5, 5.41) is 29.0. The Morgan fingerprint density at radius 2 is 1.79 bits per heavy atom. The number of carboxylic acid groups (broad SMARTS) is 1. The second-order valence-electron chi connectivity index (χ2n) is 3.89. The van der Waals surface area contributed by atoms with E-state index in [2.05, 4.69) is 11.9 Å². The Bertz CT molecular complexity index is 468. The molecule has 1 aromatic carbocycles. The van der Waals surface area contributed by atoms with Crippen molar-refractivity contribution in [3.8, 4) is 0 Å². The molecule has 1 rings (SSSR count). The van der Waals surface area contributed by atoms with Gasteiger partial charge in [0.1, 0.15) is 0 Å². The first-order valence-electron chi connectivity index (χ1n) is 5.53. The Labute approximate surface area is 110 Å². The van der Waals surface area contributed by atoms with Gasteiger partial charge in [0.15, 0.2) is 12.2 Å². The van der Waals surface area contributed by atoms with Crippen molar-refractivity contribution in [2.24, 2.45) is 0 Å². The van der Waals surface area contributed by atoms with E-state index < -0.39 is 24.1 Å². The second-order valence-corrected chi connectivity index (χ2v) is 3.89. The number of nitrogens with one attached hydrogen (secondary N) is 1. The molecular weight excluding hydrogens is 250 g/mol. The van der Waals surface area contributed by atoms with Crippen LogP contribution < -0.4 is 5.32 Å². The van der Waals surface area contributed by atoms with Gasteiger partial charge in [0.05, 0.1) is 0 Å². The van der Waals surface area contributed by atoms with E-state index in [4.69, 9.17) is 10.2 Å². The first-order chi connectivity index (χ1) is 8.95. The van der Waals surface area contributed by atoms with E-state index in [0.717, 1.165) is 11.1 Å². The van der Waals surface area contributed by atoms with Crippen molar-refractivity contribution < 1.29 is 24.9 Å². The third kappa shape index (κ3) is 4.20. The molecular formula is C13H15NO5. The number of carbonyl (C=O) groups is 2. The van der Waals surface area contributed by atoms with Gasteiger partial charge in [-0.1, -0.05) is 36.9 Å². The Morgan fingerprint density at radius 1 is 1.21 bits per heavy atom. The van der Waals surface area contributed by atoms with Crippen molar-refractivity contribution in [2.75, 3.05) is 0 Å². The molecule has 0 aliphatic carbocycles. The van der Waals surface area contributed by atoms with Gasteiger partial charge in [-0.3, -0.25) is 4.79 Å². The van der Waals surface area contributed by atoms with Crippen LogP contribution in [0.25, 0.3) is 6.08 Å². The summed E-state index contributed by atoms with van der Waals surface area (Å²) >= 11 is 0. The van der Waals surface area contributed by atoms with Gasteiger partial charge in [-0.05, 0) is 11.1 Å². The van der Waals surface area contributed by atoms with E-state index >= 15 is 0 Å². The molecule has 1 amide bonds. The first-order valence-corrected chi connectivity index (χ1v) is 5.53. The van der Waals surface area contributed by atoms with Crippen molar-refractivity contribution in [2.45, 2.75) is 18.8 Å². The average Bonchev–Trinajstić information content (AvgIpc) is 2.43. The van der Waals surface area contributed by atoms with Crippen molar-refractivity contribution in [3.63, 3.8) is 0 Å². The van der Waals surface area contributed by atoms with Crippen LogP contribution in [0.2, 0.25) is 0 Å². The Kier molecular flexibility index (Phi) is 5.23. The van der Waals surface area contributed by atoms with E-state index in [-0.39, 0.29) is 6.54 Å². The lowest BCUT2D eigenvalue weighted by Gasteiger charge is -2.14. The third-order valence-corrected chi connectivity index (χ3v) is 2.50. The predicted octanol–water partition coefficient (Wildman–Crippen LogP) is -0.248. The van der Waals surface area contributed by atoms with Gasteiger partial charge in [0.25, 0.3) is 5.91 Å². The number of hydrogen-bond acceptors (Lipinski definition) is 4. The highest BCUT2D eigenvalue weighted by atomic mass is 16.4. The van der Waals surface area contributed by atoms with Gasteiger partial charge in [-0.25, -0.2) is 4.79 Å². The third-order valence-electron chi connectivity index (χ3n) is 2.50. The minimum atomic E-state index is -2.14. The number of carbonyl (C=O) groups excluding carboxylic acids is 1. The quantitative estimate of drug-likeness (QED) is 0.567. The maximum Gasteiger partial charge on any atom is 0.335 e. The van der Waals surface area contributed by atoms with Gasteiger partial charge < -0.3 is 20.6 Å². The molecule has 2 atom stereocenters. The van der Waals surface area contributed by atoms with Gasteiger partial charge in [0, 0.05) is 6.54 Å². The molecule has 0 saturated carbocycles. The summed E-state index contributed by atoms with van der Waals surface area (Å²) in [6.07, 6.45) is -2.46. The summed E-state index contributed by atoms with van der Waals surface area (Å²) in [6.45, 7) is 3.73. The van der Waals surface area contributed by atoms with Crippen LogP contribution in [0.5, 0.6) is 0 Å². The minimum absolute atomic E-state index is 0.125. The van der Waals surface area contributed by atoms with E-state index in [1.165, 1.54) is 0 Å². The summed E-state index contributed by atoms with van der Waals surface area (Å²) in [5.41, 5.74) is 1.70. The molecule has 0 aliphatic rings. The molecule has 4 N–H and O–H groups in total. The molecule has 0 aromatic heterocycles. The molecule has 0 bridgehead atoms. The lowest BCUT2D eigenvalue weighted by Crippen LogP contribution is -2.45. The lowest BCUT2D eigenvalue weighted by molar-refractivity contribution is -0.158. The van der Waals surface area contributed by atoms with Crippen LogP contribution in [-0.4, -0.2) is 39.4 Å². The predicted molar refractivity (Wildman–Crippen MR) is 68.0 cm³/mol. The average molecular weight is 265 g/mol. The molecule has 0 heterocycles. The molecule has 0 radical (unpaired) electrons. The van der Waals surface area contributed by atoms with Crippen molar-refractivity contribution in [3.05, 3.63) is 42.0 Å². The maximum absolute atomic E-state index is 11.4. The molecule has 102 valence electrons. The highest BCUT2D eigenvalue weighted by molar-refractivity contribution is 5.87. The van der Waals surface area contributed by atoms with Crippen LogP contribution >= 0.6 is 0 Å². The smallest absolute Gasteiger partial charge is 0.335 e. The zero-order chi connectivity index (χ0) is 14.4. The number of hydrogen-bond donors (Lipinski definition) is 4. The van der Waals surface area contributed by atoms with Gasteiger partial charge in [-0.2, -0.15) is 0 Å². The molecule has 0 fully saturated rings. The van der Waals surface area contributed by atoms with Crippen LogP contribution in [0.15, 0.2) is 30.8 Å². The van der Waals surface area contributed by atoms with E-state index in [0.29, 0.717) is 0 Å². The topological polar surface area (TPSA) is 107 Å². The molecule has 0 saturated heterocycles. The second kappa shape index (κ2) is 6.67. The van der Waals surface area contributed by atoms with Crippen molar-refractivity contribution in [1.82, 2.24) is 5.32 Å². The van der Waals surface area contributed by atoms with Crippen LogP contribution in [0, 0.1) is 0 Å². The molecule has 0 spiro atoms. The number of rotatable bonds is 6. The Morgan fingerprint density at radius 3 is 2.26 bits per heavy atom. The fraction of sp³-hybridized carbons (Fsp3) is 0.231. The Hall–Kier alpha value is -2.18. The lowest BCUT2D eigenvalue weighted by atomic mass is 10.1. The number of aliphatic carboxylic acids is 1. The van der Waals surface area contributed by atoms with E-state index in [1.807, 2.05) is 0 Å². The fourth-order valence-corrected chi connectivity index (χ4v) is 1.34. The molecule has 19 heavy (non-hydrogen) atoms. The number of aliphatic hydroxyl groups is 2. The highest BCUT2D eigenvalue weighted by Crippen LogP contribution is 2.05. The summed E-state index contributed by atoms with van der Waals surface area (Å²) < 4.78 is 0. The standard InChI is InChI=1S/C13H15NO5/c1-2-8-3-5-9(6-4-8)7-14-12(17)10(15)11(16)13(18)19/h2-6,10-11,15-16H,1,7H2,(H,14,17)(H,18,19)/t10-,11-/m1/s1. The fourth-order valence-electron chi connectivity index (χ4n) is 1.34. The summed E-state index contributed by atoms with van der Waals surface area (Å²) in [6, 6.07) is 7.13. The van der Waals surface area contributed by atoms with Gasteiger partial charge in [0.2, 0.25) is 0 Å². The van der Waals surface area contributed by atoms with Gasteiger partial charge >= 0.3 is 5.97 Å². The summed E-state index contributed by atoms with van der Waals surface area (Å²) in [4.78, 5) is 21.8. The van der Waals surface area contributed by atoms with Crippen molar-refractivity contribution in [1.29, 1.82) is 0 Å². The molecule has 6 nitrogen and oxygen atoms in total. The molecule has 6 heteroatoms. The minimum Gasteiger partial charge on any atom is -0.479 e. The van der Waals surface area contributed by atoms with E-state index in [9.17, 15) is 14.7 Å². The maximum atomic E-state index is 11.4. The number of aliphatic hydroxyl groups excluding tert-OH is 2. The highest BCUT2D eigenvalue weighted by Gasteiger charge is 2.29.